The maximum atomic E-state index is 12.2. The summed E-state index contributed by atoms with van der Waals surface area (Å²) in [5.74, 6) is 1.14. The van der Waals surface area contributed by atoms with Gasteiger partial charge in [-0.25, -0.2) is 0 Å². The molecular weight excluding hydrogens is 386 g/mol. The zero-order chi connectivity index (χ0) is 22.1. The second-order valence-corrected chi connectivity index (χ2v) is 6.73. The van der Waals surface area contributed by atoms with Gasteiger partial charge < -0.3 is 24.3 Å². The first kappa shape index (κ1) is 22.8. The van der Waals surface area contributed by atoms with Gasteiger partial charge in [0.2, 0.25) is 5.91 Å². The topological polar surface area (TPSA) is 83.1 Å². The van der Waals surface area contributed by atoms with Gasteiger partial charge in [-0.15, -0.1) is 0 Å². The second kappa shape index (κ2) is 10.9. The molecule has 0 heterocycles. The van der Waals surface area contributed by atoms with Crippen molar-refractivity contribution in [1.82, 2.24) is 5.32 Å². The summed E-state index contributed by atoms with van der Waals surface area (Å²) in [4.78, 5) is 23.9. The molecule has 0 saturated heterocycles. The van der Waals surface area contributed by atoms with Crippen molar-refractivity contribution in [3.8, 4) is 23.0 Å². The fourth-order valence-corrected chi connectivity index (χ4v) is 2.51. The lowest BCUT2D eigenvalue weighted by atomic mass is 10.1. The lowest BCUT2D eigenvalue weighted by molar-refractivity contribution is -0.137. The predicted molar refractivity (Wildman–Crippen MR) is 114 cm³/mol. The molecule has 0 unspecified atom stereocenters. The van der Waals surface area contributed by atoms with Crippen molar-refractivity contribution >= 4 is 18.0 Å². The summed E-state index contributed by atoms with van der Waals surface area (Å²) >= 11 is 0. The van der Waals surface area contributed by atoms with Crippen molar-refractivity contribution in [1.29, 1.82) is 0 Å². The number of ether oxygens (including phenoxy) is 4. The molecule has 0 aromatic heterocycles. The molecule has 30 heavy (non-hydrogen) atoms. The van der Waals surface area contributed by atoms with Gasteiger partial charge in [0.25, 0.3) is 0 Å². The van der Waals surface area contributed by atoms with Crippen molar-refractivity contribution in [2.45, 2.75) is 20.4 Å². The van der Waals surface area contributed by atoms with Crippen molar-refractivity contribution in [3.63, 3.8) is 0 Å². The number of esters is 1. The predicted octanol–water partition coefficient (Wildman–Crippen LogP) is 3.60. The van der Waals surface area contributed by atoms with Gasteiger partial charge in [-0.2, -0.15) is 0 Å². The van der Waals surface area contributed by atoms with Crippen LogP contribution < -0.4 is 24.3 Å². The molecule has 2 rings (SSSR count). The van der Waals surface area contributed by atoms with E-state index in [0.29, 0.717) is 29.5 Å². The highest BCUT2D eigenvalue weighted by Crippen LogP contribution is 2.29. The minimum absolute atomic E-state index is 0.247. The third-order valence-corrected chi connectivity index (χ3v) is 4.21. The van der Waals surface area contributed by atoms with E-state index in [1.165, 1.54) is 13.2 Å². The molecule has 0 aliphatic heterocycles. The largest absolute Gasteiger partial charge is 0.493 e. The Balaban J connectivity index is 1.99. The molecular formula is C23H27NO6. The van der Waals surface area contributed by atoms with Gasteiger partial charge in [0.1, 0.15) is 0 Å². The molecule has 0 spiro atoms. The van der Waals surface area contributed by atoms with Gasteiger partial charge in [-0.1, -0.05) is 26.0 Å². The zero-order valence-electron chi connectivity index (χ0n) is 17.9. The summed E-state index contributed by atoms with van der Waals surface area (Å²) in [6.45, 7) is 3.86. The molecule has 7 heteroatoms. The Bertz CT molecular complexity index is 920. The Morgan fingerprint density at radius 3 is 2.17 bits per heavy atom. The van der Waals surface area contributed by atoms with Gasteiger partial charge in [0.05, 0.1) is 27.2 Å². The molecule has 160 valence electrons. The third-order valence-electron chi connectivity index (χ3n) is 4.21. The highest BCUT2D eigenvalue weighted by Gasteiger charge is 2.13. The van der Waals surface area contributed by atoms with Gasteiger partial charge >= 0.3 is 5.97 Å². The number of carbonyl (C=O) groups is 2. The van der Waals surface area contributed by atoms with E-state index in [4.69, 9.17) is 18.9 Å². The molecule has 1 amide bonds. The Hall–Kier alpha value is -3.48. The quantitative estimate of drug-likeness (QED) is 0.384. The summed E-state index contributed by atoms with van der Waals surface area (Å²) in [7, 11) is 4.62. The minimum Gasteiger partial charge on any atom is -0.493 e. The first-order chi connectivity index (χ1) is 14.4. The Labute approximate surface area is 176 Å². The van der Waals surface area contributed by atoms with Gasteiger partial charge in [0.15, 0.2) is 23.0 Å². The monoisotopic (exact) mass is 413 g/mol. The van der Waals surface area contributed by atoms with E-state index >= 15 is 0 Å². The number of amides is 1. The molecule has 0 aliphatic carbocycles. The maximum Gasteiger partial charge on any atom is 0.313 e. The molecule has 0 aliphatic rings. The zero-order valence-corrected chi connectivity index (χ0v) is 17.9. The molecule has 0 fully saturated rings. The molecule has 2 aromatic rings. The first-order valence-corrected chi connectivity index (χ1v) is 9.44. The highest BCUT2D eigenvalue weighted by molar-refractivity contribution is 5.91. The summed E-state index contributed by atoms with van der Waals surface area (Å²) < 4.78 is 21.1. The van der Waals surface area contributed by atoms with Crippen LogP contribution in [0, 0.1) is 5.92 Å². The van der Waals surface area contributed by atoms with E-state index in [2.05, 4.69) is 5.32 Å². The standard InChI is InChI=1S/C23H27NO6/c1-15(2)23(26)30-19-10-6-16(12-21(19)29-5)8-11-22(25)24-14-17-7-9-18(27-3)20(13-17)28-4/h6-13,15H,14H2,1-5H3,(H,24,25)/b11-8+. The minimum atomic E-state index is -0.342. The van der Waals surface area contributed by atoms with E-state index in [1.807, 2.05) is 12.1 Å². The Kier molecular flexibility index (Phi) is 8.29. The average Bonchev–Trinajstić information content (AvgIpc) is 2.76. The number of rotatable bonds is 9. The fourth-order valence-electron chi connectivity index (χ4n) is 2.51. The normalized spacial score (nSPS) is 10.7. The highest BCUT2D eigenvalue weighted by atomic mass is 16.6. The van der Waals surface area contributed by atoms with E-state index < -0.39 is 0 Å². The molecule has 0 radical (unpaired) electrons. The lowest BCUT2D eigenvalue weighted by Gasteiger charge is -2.11. The fraction of sp³-hybridized carbons (Fsp3) is 0.304. The van der Waals surface area contributed by atoms with Crippen molar-refractivity contribution in [3.05, 3.63) is 53.6 Å². The SMILES string of the molecule is COc1ccc(CNC(=O)/C=C/c2ccc(OC(=O)C(C)C)c(OC)c2)cc1OC. The van der Waals surface area contributed by atoms with Crippen LogP contribution in [-0.2, 0) is 16.1 Å². The number of benzene rings is 2. The number of hydrogen-bond donors (Lipinski definition) is 1. The Morgan fingerprint density at radius 2 is 1.53 bits per heavy atom. The van der Waals surface area contributed by atoms with Crippen LogP contribution in [0.25, 0.3) is 6.08 Å². The second-order valence-electron chi connectivity index (χ2n) is 6.73. The third kappa shape index (κ3) is 6.27. The average molecular weight is 413 g/mol. The van der Waals surface area contributed by atoms with E-state index in [9.17, 15) is 9.59 Å². The van der Waals surface area contributed by atoms with E-state index in [0.717, 1.165) is 11.1 Å². The summed E-state index contributed by atoms with van der Waals surface area (Å²) in [6, 6.07) is 10.5. The summed E-state index contributed by atoms with van der Waals surface area (Å²) in [5, 5.41) is 2.81. The van der Waals surface area contributed by atoms with Gasteiger partial charge in [-0.3, -0.25) is 9.59 Å². The van der Waals surface area contributed by atoms with Crippen molar-refractivity contribution < 1.29 is 28.5 Å². The number of hydrogen-bond acceptors (Lipinski definition) is 6. The molecule has 0 atom stereocenters. The van der Waals surface area contributed by atoms with Gasteiger partial charge in [-0.05, 0) is 41.5 Å². The van der Waals surface area contributed by atoms with Crippen molar-refractivity contribution in [2.75, 3.05) is 21.3 Å². The van der Waals surface area contributed by atoms with Crippen LogP contribution in [0.4, 0.5) is 0 Å². The summed E-state index contributed by atoms with van der Waals surface area (Å²) in [5.41, 5.74) is 1.62. The molecule has 0 bridgehead atoms. The molecule has 7 nitrogen and oxygen atoms in total. The Morgan fingerprint density at radius 1 is 0.900 bits per heavy atom. The number of nitrogens with one attached hydrogen (secondary N) is 1. The van der Waals surface area contributed by atoms with E-state index in [1.54, 1.807) is 58.4 Å². The molecule has 0 saturated carbocycles. The van der Waals surface area contributed by atoms with Gasteiger partial charge in [0, 0.05) is 12.6 Å². The van der Waals surface area contributed by atoms with Crippen LogP contribution in [0.1, 0.15) is 25.0 Å². The van der Waals surface area contributed by atoms with Crippen LogP contribution in [0.15, 0.2) is 42.5 Å². The summed E-state index contributed by atoms with van der Waals surface area (Å²) in [6.07, 6.45) is 3.08. The maximum absolute atomic E-state index is 12.2. The van der Waals surface area contributed by atoms with Crippen LogP contribution in [0.2, 0.25) is 0 Å². The molecule has 1 N–H and O–H groups in total. The van der Waals surface area contributed by atoms with E-state index in [-0.39, 0.29) is 17.8 Å². The van der Waals surface area contributed by atoms with Crippen LogP contribution >= 0.6 is 0 Å². The van der Waals surface area contributed by atoms with Crippen LogP contribution in [0.3, 0.4) is 0 Å². The first-order valence-electron chi connectivity index (χ1n) is 9.44. The lowest BCUT2D eigenvalue weighted by Crippen LogP contribution is -2.20. The smallest absolute Gasteiger partial charge is 0.313 e. The van der Waals surface area contributed by atoms with Crippen LogP contribution in [-0.4, -0.2) is 33.2 Å². The number of methoxy groups -OCH3 is 3. The molecule has 2 aromatic carbocycles. The van der Waals surface area contributed by atoms with Crippen molar-refractivity contribution in [2.24, 2.45) is 5.92 Å². The van der Waals surface area contributed by atoms with Crippen LogP contribution in [0.5, 0.6) is 23.0 Å². The number of carbonyl (C=O) groups excluding carboxylic acids is 2.